The molecule has 4 rings (SSSR count). The van der Waals surface area contributed by atoms with E-state index in [2.05, 4.69) is 25.7 Å². The molecule has 0 aliphatic carbocycles. The van der Waals surface area contributed by atoms with Crippen LogP contribution in [0.25, 0.3) is 11.5 Å². The average Bonchev–Trinajstić information content (AvgIpc) is 3.27. The normalized spacial score (nSPS) is 11.2. The summed E-state index contributed by atoms with van der Waals surface area (Å²) < 4.78 is 29.5. The van der Waals surface area contributed by atoms with Crippen LogP contribution in [0.1, 0.15) is 23.4 Å². The number of amides is 1. The molecule has 29 heavy (non-hydrogen) atoms. The monoisotopic (exact) mass is 397 g/mol. The number of anilines is 1. The van der Waals surface area contributed by atoms with Gasteiger partial charge in [-0.25, -0.2) is 13.5 Å². The molecule has 3 aromatic heterocycles. The summed E-state index contributed by atoms with van der Waals surface area (Å²) in [5.41, 5.74) is 3.42. The highest BCUT2D eigenvalue weighted by molar-refractivity contribution is 5.90. The summed E-state index contributed by atoms with van der Waals surface area (Å²) in [5.74, 6) is -1.66. The molecule has 0 atom stereocenters. The molecule has 1 N–H and O–H groups in total. The number of hydrogen-bond acceptors (Lipinski definition) is 5. The number of carbonyl (C=O) groups is 1. The topological polar surface area (TPSA) is 90.0 Å². The molecule has 0 saturated heterocycles. The zero-order chi connectivity index (χ0) is 20.5. The molecule has 0 spiro atoms. The first-order valence-corrected chi connectivity index (χ1v) is 8.90. The Hall–Kier alpha value is -3.69. The SMILES string of the molecule is Cc1nn(-c2ccc3nncn3n2)c(C)c1CCC(=O)Nc1ccc(F)c(F)c1. The Morgan fingerprint density at radius 1 is 1.10 bits per heavy atom. The molecule has 0 aliphatic heterocycles. The van der Waals surface area contributed by atoms with Gasteiger partial charge in [0.25, 0.3) is 0 Å². The summed E-state index contributed by atoms with van der Waals surface area (Å²) in [4.78, 5) is 12.2. The number of rotatable bonds is 5. The van der Waals surface area contributed by atoms with Crippen molar-refractivity contribution in [3.05, 3.63) is 65.2 Å². The van der Waals surface area contributed by atoms with Crippen LogP contribution in [0.15, 0.2) is 36.7 Å². The third-order valence-corrected chi connectivity index (χ3v) is 4.61. The van der Waals surface area contributed by atoms with E-state index in [1.165, 1.54) is 12.4 Å². The number of halogens is 2. The highest BCUT2D eigenvalue weighted by Gasteiger charge is 2.16. The fourth-order valence-corrected chi connectivity index (χ4v) is 3.13. The molecule has 0 fully saturated rings. The van der Waals surface area contributed by atoms with Gasteiger partial charge in [-0.1, -0.05) is 0 Å². The maximum Gasteiger partial charge on any atom is 0.224 e. The maximum atomic E-state index is 13.3. The highest BCUT2D eigenvalue weighted by Crippen LogP contribution is 2.19. The molecule has 0 saturated carbocycles. The van der Waals surface area contributed by atoms with Gasteiger partial charge in [0.2, 0.25) is 5.91 Å². The van der Waals surface area contributed by atoms with Crippen LogP contribution in [0.2, 0.25) is 0 Å². The van der Waals surface area contributed by atoms with Gasteiger partial charge in [-0.05, 0) is 50.1 Å². The first kappa shape index (κ1) is 18.7. The van der Waals surface area contributed by atoms with Crippen molar-refractivity contribution in [1.29, 1.82) is 0 Å². The molecule has 0 radical (unpaired) electrons. The van der Waals surface area contributed by atoms with Crippen molar-refractivity contribution >= 4 is 17.2 Å². The zero-order valence-electron chi connectivity index (χ0n) is 15.7. The van der Waals surface area contributed by atoms with Gasteiger partial charge in [-0.15, -0.1) is 15.3 Å². The van der Waals surface area contributed by atoms with Gasteiger partial charge in [0, 0.05) is 23.9 Å². The van der Waals surface area contributed by atoms with Gasteiger partial charge in [-0.3, -0.25) is 4.79 Å². The molecular formula is C19H17F2N7O. The number of hydrogen-bond donors (Lipinski definition) is 1. The fraction of sp³-hybridized carbons (Fsp3) is 0.211. The number of aryl methyl sites for hydroxylation is 1. The van der Waals surface area contributed by atoms with Gasteiger partial charge in [0.05, 0.1) is 5.69 Å². The van der Waals surface area contributed by atoms with E-state index in [1.54, 1.807) is 21.3 Å². The Kier molecular flexibility index (Phi) is 4.75. The Morgan fingerprint density at radius 3 is 2.72 bits per heavy atom. The van der Waals surface area contributed by atoms with Crippen LogP contribution in [-0.4, -0.2) is 35.5 Å². The summed E-state index contributed by atoms with van der Waals surface area (Å²) in [6.45, 7) is 3.77. The second-order valence-corrected chi connectivity index (χ2v) is 6.56. The van der Waals surface area contributed by atoms with Crippen LogP contribution in [0.5, 0.6) is 0 Å². The largest absolute Gasteiger partial charge is 0.326 e. The van der Waals surface area contributed by atoms with E-state index in [0.29, 0.717) is 17.9 Å². The first-order valence-electron chi connectivity index (χ1n) is 8.90. The molecule has 10 heteroatoms. The first-order chi connectivity index (χ1) is 13.9. The van der Waals surface area contributed by atoms with Crippen molar-refractivity contribution in [3.63, 3.8) is 0 Å². The van der Waals surface area contributed by atoms with Crippen molar-refractivity contribution in [2.45, 2.75) is 26.7 Å². The number of nitrogens with one attached hydrogen (secondary N) is 1. The molecule has 148 valence electrons. The molecule has 0 aliphatic rings. The van der Waals surface area contributed by atoms with Crippen LogP contribution in [0, 0.1) is 25.5 Å². The van der Waals surface area contributed by atoms with Gasteiger partial charge < -0.3 is 5.32 Å². The lowest BCUT2D eigenvalue weighted by Crippen LogP contribution is -2.13. The van der Waals surface area contributed by atoms with E-state index >= 15 is 0 Å². The number of fused-ring (bicyclic) bond motifs is 1. The quantitative estimate of drug-likeness (QED) is 0.559. The summed E-state index contributed by atoms with van der Waals surface area (Å²) in [5, 5.41) is 19.3. The van der Waals surface area contributed by atoms with Crippen molar-refractivity contribution in [2.24, 2.45) is 0 Å². The van der Waals surface area contributed by atoms with Crippen molar-refractivity contribution < 1.29 is 13.6 Å². The van der Waals surface area contributed by atoms with Crippen molar-refractivity contribution in [3.8, 4) is 5.82 Å². The van der Waals surface area contributed by atoms with Gasteiger partial charge in [0.1, 0.15) is 6.33 Å². The van der Waals surface area contributed by atoms with Crippen LogP contribution < -0.4 is 5.32 Å². The molecule has 4 aromatic rings. The molecule has 0 unspecified atom stereocenters. The lowest BCUT2D eigenvalue weighted by Gasteiger charge is -2.07. The summed E-state index contributed by atoms with van der Waals surface area (Å²) in [7, 11) is 0. The molecule has 1 aromatic carbocycles. The van der Waals surface area contributed by atoms with Gasteiger partial charge in [-0.2, -0.15) is 9.61 Å². The van der Waals surface area contributed by atoms with E-state index in [4.69, 9.17) is 0 Å². The fourth-order valence-electron chi connectivity index (χ4n) is 3.13. The Labute approximate surface area is 164 Å². The lowest BCUT2D eigenvalue weighted by atomic mass is 10.1. The smallest absolute Gasteiger partial charge is 0.224 e. The standard InChI is InChI=1S/C19H17F2N7O/c1-11-14(4-8-19(29)23-13-3-5-15(20)16(21)9-13)12(2)28(25-11)18-7-6-17-24-22-10-27(17)26-18/h3,5-7,9-10H,4,8H2,1-2H3,(H,23,29). The highest BCUT2D eigenvalue weighted by atomic mass is 19.2. The molecule has 3 heterocycles. The molecule has 1 amide bonds. The summed E-state index contributed by atoms with van der Waals surface area (Å²) in [6, 6.07) is 6.83. The lowest BCUT2D eigenvalue weighted by molar-refractivity contribution is -0.116. The predicted molar refractivity (Wildman–Crippen MR) is 101 cm³/mol. The minimum atomic E-state index is -1.01. The molecular weight excluding hydrogens is 380 g/mol. The van der Waals surface area contributed by atoms with Gasteiger partial charge in [0.15, 0.2) is 23.1 Å². The Bertz CT molecular complexity index is 1210. The van der Waals surface area contributed by atoms with E-state index in [1.807, 2.05) is 13.8 Å². The number of aromatic nitrogens is 6. The maximum absolute atomic E-state index is 13.3. The molecule has 8 nitrogen and oxygen atoms in total. The van der Waals surface area contributed by atoms with Crippen molar-refractivity contribution in [2.75, 3.05) is 5.32 Å². The number of benzene rings is 1. The van der Waals surface area contributed by atoms with E-state index in [0.717, 1.165) is 29.1 Å². The third-order valence-electron chi connectivity index (χ3n) is 4.61. The van der Waals surface area contributed by atoms with Crippen LogP contribution >= 0.6 is 0 Å². The zero-order valence-corrected chi connectivity index (χ0v) is 15.7. The summed E-state index contributed by atoms with van der Waals surface area (Å²) in [6.07, 6.45) is 2.13. The predicted octanol–water partition coefficient (Wildman–Crippen LogP) is 2.78. The summed E-state index contributed by atoms with van der Waals surface area (Å²) >= 11 is 0. The number of nitrogens with zero attached hydrogens (tertiary/aromatic N) is 6. The third kappa shape index (κ3) is 3.68. The second-order valence-electron chi connectivity index (χ2n) is 6.56. The Balaban J connectivity index is 1.49. The molecule has 0 bridgehead atoms. The van der Waals surface area contributed by atoms with Crippen LogP contribution in [-0.2, 0) is 11.2 Å². The minimum Gasteiger partial charge on any atom is -0.326 e. The van der Waals surface area contributed by atoms with Crippen molar-refractivity contribution in [1.82, 2.24) is 29.6 Å². The average molecular weight is 397 g/mol. The van der Waals surface area contributed by atoms with E-state index in [9.17, 15) is 13.6 Å². The van der Waals surface area contributed by atoms with Crippen LogP contribution in [0.3, 0.4) is 0 Å². The van der Waals surface area contributed by atoms with Crippen LogP contribution in [0.4, 0.5) is 14.5 Å². The Morgan fingerprint density at radius 2 is 1.93 bits per heavy atom. The minimum absolute atomic E-state index is 0.171. The van der Waals surface area contributed by atoms with E-state index < -0.39 is 11.6 Å². The number of carbonyl (C=O) groups excluding carboxylic acids is 1. The van der Waals surface area contributed by atoms with E-state index in [-0.39, 0.29) is 18.0 Å². The second kappa shape index (κ2) is 7.38. The van der Waals surface area contributed by atoms with Gasteiger partial charge >= 0.3 is 0 Å².